The molecule has 0 aliphatic rings. The minimum Gasteiger partial charge on any atom is -0.481 e. The summed E-state index contributed by atoms with van der Waals surface area (Å²) in [6, 6.07) is 12.7. The summed E-state index contributed by atoms with van der Waals surface area (Å²) in [5.41, 5.74) is 1.17. The molecule has 0 radical (unpaired) electrons. The molecule has 0 aromatic heterocycles. The fourth-order valence-electron chi connectivity index (χ4n) is 1.95. The number of hydrogen-bond donors (Lipinski definition) is 1. The topological polar surface area (TPSA) is 37.3 Å². The fraction of sp³-hybridized carbons (Fsp3) is 0.133. The van der Waals surface area contributed by atoms with Gasteiger partial charge in [-0.25, -0.2) is 4.39 Å². The molecule has 98 valence electrons. The molecule has 0 saturated carbocycles. The molecule has 0 amide bonds. The Morgan fingerprint density at radius 3 is 2.58 bits per heavy atom. The van der Waals surface area contributed by atoms with Gasteiger partial charge in [0.2, 0.25) is 0 Å². The second-order valence-corrected chi connectivity index (χ2v) is 4.65. The highest BCUT2D eigenvalue weighted by atomic mass is 35.5. The molecule has 1 atom stereocenters. The Morgan fingerprint density at radius 2 is 1.95 bits per heavy atom. The summed E-state index contributed by atoms with van der Waals surface area (Å²) in [6.45, 7) is 0. The van der Waals surface area contributed by atoms with Crippen molar-refractivity contribution in [2.24, 2.45) is 0 Å². The second kappa shape index (κ2) is 5.85. The van der Waals surface area contributed by atoms with Crippen molar-refractivity contribution in [3.05, 3.63) is 70.5 Å². The highest BCUT2D eigenvalue weighted by Gasteiger charge is 2.21. The first-order chi connectivity index (χ1) is 9.08. The molecule has 2 aromatic rings. The zero-order chi connectivity index (χ0) is 13.8. The lowest BCUT2D eigenvalue weighted by atomic mass is 9.92. The molecule has 0 fully saturated rings. The van der Waals surface area contributed by atoms with Gasteiger partial charge in [0.05, 0.1) is 5.92 Å². The van der Waals surface area contributed by atoms with Crippen molar-refractivity contribution < 1.29 is 14.3 Å². The number of carboxylic acids is 1. The smallest absolute Gasteiger partial charge is 0.311 e. The van der Waals surface area contributed by atoms with Gasteiger partial charge in [-0.1, -0.05) is 41.9 Å². The normalized spacial score (nSPS) is 12.1. The molecule has 0 aliphatic heterocycles. The summed E-state index contributed by atoms with van der Waals surface area (Å²) in [5, 5.41) is 9.82. The van der Waals surface area contributed by atoms with E-state index in [-0.39, 0.29) is 6.42 Å². The van der Waals surface area contributed by atoms with E-state index in [0.29, 0.717) is 10.6 Å². The lowest BCUT2D eigenvalue weighted by Gasteiger charge is -2.14. The number of carbonyl (C=O) groups is 1. The molecule has 4 heteroatoms. The summed E-state index contributed by atoms with van der Waals surface area (Å²) in [6.07, 6.45) is 0.235. The Kier molecular flexibility index (Phi) is 4.17. The van der Waals surface area contributed by atoms with Crippen LogP contribution >= 0.6 is 11.6 Å². The minimum atomic E-state index is -0.995. The molecular weight excluding hydrogens is 267 g/mol. The molecular formula is C15H12ClFO2. The van der Waals surface area contributed by atoms with E-state index in [4.69, 9.17) is 11.6 Å². The highest BCUT2D eigenvalue weighted by Crippen LogP contribution is 2.25. The van der Waals surface area contributed by atoms with Crippen LogP contribution in [0.1, 0.15) is 17.0 Å². The van der Waals surface area contributed by atoms with Crippen molar-refractivity contribution in [2.45, 2.75) is 12.3 Å². The number of benzene rings is 2. The molecule has 2 aromatic carbocycles. The SMILES string of the molecule is O=C(O)C(Cc1ccccc1Cl)c1cccc(F)c1. The zero-order valence-corrected chi connectivity index (χ0v) is 10.8. The number of hydrogen-bond acceptors (Lipinski definition) is 1. The monoisotopic (exact) mass is 278 g/mol. The van der Waals surface area contributed by atoms with Gasteiger partial charge in [0, 0.05) is 5.02 Å². The number of halogens is 2. The lowest BCUT2D eigenvalue weighted by molar-refractivity contribution is -0.138. The van der Waals surface area contributed by atoms with Gasteiger partial charge in [0.15, 0.2) is 0 Å². The third-order valence-corrected chi connectivity index (χ3v) is 3.30. The maximum atomic E-state index is 13.2. The van der Waals surface area contributed by atoms with Crippen LogP contribution in [-0.4, -0.2) is 11.1 Å². The highest BCUT2D eigenvalue weighted by molar-refractivity contribution is 6.31. The minimum absolute atomic E-state index is 0.235. The standard InChI is InChI=1S/C15H12ClFO2/c16-14-7-2-1-4-11(14)9-13(15(18)19)10-5-3-6-12(17)8-10/h1-8,13H,9H2,(H,18,19). The maximum Gasteiger partial charge on any atom is 0.311 e. The van der Waals surface area contributed by atoms with Gasteiger partial charge in [-0.05, 0) is 35.7 Å². The van der Waals surface area contributed by atoms with Crippen LogP contribution < -0.4 is 0 Å². The van der Waals surface area contributed by atoms with Crippen LogP contribution in [0.2, 0.25) is 5.02 Å². The molecule has 1 unspecified atom stereocenters. The van der Waals surface area contributed by atoms with E-state index in [1.807, 2.05) is 0 Å². The molecule has 2 nitrogen and oxygen atoms in total. The Labute approximate surface area is 115 Å². The van der Waals surface area contributed by atoms with E-state index in [9.17, 15) is 14.3 Å². The Hall–Kier alpha value is -1.87. The molecule has 2 rings (SSSR count). The number of aliphatic carboxylic acids is 1. The lowest BCUT2D eigenvalue weighted by Crippen LogP contribution is -2.14. The Morgan fingerprint density at radius 1 is 1.21 bits per heavy atom. The van der Waals surface area contributed by atoms with Gasteiger partial charge < -0.3 is 5.11 Å². The summed E-state index contributed by atoms with van der Waals surface area (Å²) in [4.78, 5) is 11.4. The van der Waals surface area contributed by atoms with E-state index < -0.39 is 17.7 Å². The van der Waals surface area contributed by atoms with Gasteiger partial charge in [0.25, 0.3) is 0 Å². The van der Waals surface area contributed by atoms with Crippen LogP contribution in [0.3, 0.4) is 0 Å². The zero-order valence-electron chi connectivity index (χ0n) is 10.0. The van der Waals surface area contributed by atoms with Crippen molar-refractivity contribution in [3.63, 3.8) is 0 Å². The molecule has 19 heavy (non-hydrogen) atoms. The van der Waals surface area contributed by atoms with E-state index in [0.717, 1.165) is 5.56 Å². The van der Waals surface area contributed by atoms with Gasteiger partial charge in [-0.15, -0.1) is 0 Å². The van der Waals surface area contributed by atoms with Crippen LogP contribution in [0.25, 0.3) is 0 Å². The summed E-state index contributed by atoms with van der Waals surface area (Å²) < 4.78 is 13.2. The van der Waals surface area contributed by atoms with Crippen molar-refractivity contribution in [3.8, 4) is 0 Å². The summed E-state index contributed by atoms with van der Waals surface area (Å²) in [7, 11) is 0. The van der Waals surface area contributed by atoms with Crippen molar-refractivity contribution in [2.75, 3.05) is 0 Å². The Balaban J connectivity index is 2.32. The van der Waals surface area contributed by atoms with Crippen molar-refractivity contribution >= 4 is 17.6 Å². The van der Waals surface area contributed by atoms with Gasteiger partial charge in [-0.2, -0.15) is 0 Å². The van der Waals surface area contributed by atoms with Crippen LogP contribution in [0.4, 0.5) is 4.39 Å². The van der Waals surface area contributed by atoms with Crippen molar-refractivity contribution in [1.82, 2.24) is 0 Å². The summed E-state index contributed by atoms with van der Waals surface area (Å²) in [5.74, 6) is -2.25. The molecule has 0 aliphatic carbocycles. The van der Waals surface area contributed by atoms with Crippen LogP contribution in [0, 0.1) is 5.82 Å². The first-order valence-electron chi connectivity index (χ1n) is 5.79. The van der Waals surface area contributed by atoms with Crippen molar-refractivity contribution in [1.29, 1.82) is 0 Å². The molecule has 0 spiro atoms. The fourth-order valence-corrected chi connectivity index (χ4v) is 2.17. The first-order valence-corrected chi connectivity index (χ1v) is 6.17. The second-order valence-electron chi connectivity index (χ2n) is 4.24. The first kappa shape index (κ1) is 13.6. The van der Waals surface area contributed by atoms with Gasteiger partial charge in [-0.3, -0.25) is 4.79 Å². The van der Waals surface area contributed by atoms with E-state index >= 15 is 0 Å². The maximum absolute atomic E-state index is 13.2. The molecule has 0 saturated heterocycles. The predicted molar refractivity (Wildman–Crippen MR) is 71.9 cm³/mol. The molecule has 1 N–H and O–H groups in total. The quantitative estimate of drug-likeness (QED) is 0.921. The van der Waals surface area contributed by atoms with Crippen LogP contribution in [-0.2, 0) is 11.2 Å². The molecule has 0 heterocycles. The number of rotatable bonds is 4. The predicted octanol–water partition coefficient (Wildman–Crippen LogP) is 3.89. The average molecular weight is 279 g/mol. The summed E-state index contributed by atoms with van der Waals surface area (Å²) >= 11 is 6.02. The largest absolute Gasteiger partial charge is 0.481 e. The van der Waals surface area contributed by atoms with E-state index in [1.54, 1.807) is 30.3 Å². The van der Waals surface area contributed by atoms with Crippen LogP contribution in [0.5, 0.6) is 0 Å². The third-order valence-electron chi connectivity index (χ3n) is 2.93. The Bertz CT molecular complexity index is 598. The number of carboxylic acid groups (broad SMARTS) is 1. The van der Waals surface area contributed by atoms with E-state index in [1.165, 1.54) is 18.2 Å². The average Bonchev–Trinajstić information content (AvgIpc) is 2.37. The van der Waals surface area contributed by atoms with Gasteiger partial charge >= 0.3 is 5.97 Å². The molecule has 0 bridgehead atoms. The van der Waals surface area contributed by atoms with Gasteiger partial charge in [0.1, 0.15) is 5.82 Å². The van der Waals surface area contributed by atoms with E-state index in [2.05, 4.69) is 0 Å². The van der Waals surface area contributed by atoms with Crippen LogP contribution in [0.15, 0.2) is 48.5 Å². The third kappa shape index (κ3) is 3.32.